The monoisotopic (exact) mass is 541 g/mol. The Morgan fingerprint density at radius 3 is 2.51 bits per heavy atom. The van der Waals surface area contributed by atoms with Gasteiger partial charge in [-0.1, -0.05) is 31.4 Å². The first-order chi connectivity index (χ1) is 17.5. The summed E-state index contributed by atoms with van der Waals surface area (Å²) in [5, 5.41) is 6.67. The maximum atomic E-state index is 13.5. The van der Waals surface area contributed by atoms with Crippen molar-refractivity contribution in [3.8, 4) is 10.4 Å². The van der Waals surface area contributed by atoms with Gasteiger partial charge in [0.05, 0.1) is 26.5 Å². The molecule has 1 saturated carbocycles. The van der Waals surface area contributed by atoms with E-state index in [1.807, 2.05) is 25.1 Å². The number of anilines is 1. The summed E-state index contributed by atoms with van der Waals surface area (Å²) >= 11 is 1.56. The van der Waals surface area contributed by atoms with E-state index >= 15 is 0 Å². The second-order valence-electron chi connectivity index (χ2n) is 10.5. The molecule has 0 saturated heterocycles. The van der Waals surface area contributed by atoms with E-state index in [-0.39, 0.29) is 10.9 Å². The van der Waals surface area contributed by atoms with Gasteiger partial charge in [0.25, 0.3) is 0 Å². The number of amides is 2. The topological polar surface area (TPSA) is 113 Å². The van der Waals surface area contributed by atoms with Gasteiger partial charge in [-0.2, -0.15) is 0 Å². The predicted octanol–water partition coefficient (Wildman–Crippen LogP) is 6.21. The van der Waals surface area contributed by atoms with Crippen LogP contribution in [0.4, 0.5) is 10.5 Å². The summed E-state index contributed by atoms with van der Waals surface area (Å²) in [6, 6.07) is 9.71. The molecule has 0 radical (unpaired) electrons. The Bertz CT molecular complexity index is 1330. The van der Waals surface area contributed by atoms with Gasteiger partial charge in [0.1, 0.15) is 0 Å². The highest BCUT2D eigenvalue weighted by molar-refractivity contribution is 7.89. The number of carbonyl (C=O) groups excluding carboxylic acids is 1. The van der Waals surface area contributed by atoms with Gasteiger partial charge in [-0.05, 0) is 64.8 Å². The van der Waals surface area contributed by atoms with E-state index in [9.17, 15) is 13.2 Å². The summed E-state index contributed by atoms with van der Waals surface area (Å²) in [5.74, 6) is 0.436. The quantitative estimate of drug-likeness (QED) is 0.329. The van der Waals surface area contributed by atoms with Gasteiger partial charge in [0.15, 0.2) is 0 Å². The zero-order valence-electron chi connectivity index (χ0n) is 21.7. The highest BCUT2D eigenvalue weighted by Crippen LogP contribution is 2.39. The Kier molecular flexibility index (Phi) is 8.30. The number of benzene rings is 1. The molecule has 198 valence electrons. The van der Waals surface area contributed by atoms with Crippen molar-refractivity contribution in [2.24, 2.45) is 0 Å². The van der Waals surface area contributed by atoms with Gasteiger partial charge in [0.2, 0.25) is 10.0 Å². The number of thiazole rings is 1. The van der Waals surface area contributed by atoms with E-state index in [1.165, 1.54) is 25.3 Å². The SMILES string of the molecule is C[C@H](NC(=O)Nc1ccc(-c2cnc(C3CCCCC3)s2)c(S(=O)(=O)NC(C)(C)C)c1)c1ccccn1. The first-order valence-electron chi connectivity index (χ1n) is 12.6. The van der Waals surface area contributed by atoms with Gasteiger partial charge in [-0.15, -0.1) is 11.3 Å². The van der Waals surface area contributed by atoms with Gasteiger partial charge < -0.3 is 10.6 Å². The fourth-order valence-corrected chi connectivity index (χ4v) is 7.36. The van der Waals surface area contributed by atoms with Crippen LogP contribution in [0.1, 0.15) is 82.5 Å². The number of carbonyl (C=O) groups is 1. The fourth-order valence-electron chi connectivity index (χ4n) is 4.50. The lowest BCUT2D eigenvalue weighted by Gasteiger charge is -2.22. The lowest BCUT2D eigenvalue weighted by atomic mass is 9.90. The molecule has 1 aliphatic rings. The minimum Gasteiger partial charge on any atom is -0.330 e. The third-order valence-corrected chi connectivity index (χ3v) is 9.18. The van der Waals surface area contributed by atoms with Crippen molar-refractivity contribution in [1.29, 1.82) is 0 Å². The number of hydrogen-bond acceptors (Lipinski definition) is 6. The van der Waals surface area contributed by atoms with E-state index in [2.05, 4.69) is 25.3 Å². The van der Waals surface area contributed by atoms with Crippen LogP contribution in [0.3, 0.4) is 0 Å². The number of aromatic nitrogens is 2. The molecule has 0 unspecified atom stereocenters. The molecule has 8 nitrogen and oxygen atoms in total. The molecular weight excluding hydrogens is 506 g/mol. The normalized spacial score (nSPS) is 15.8. The van der Waals surface area contributed by atoms with Crippen LogP contribution >= 0.6 is 11.3 Å². The molecule has 37 heavy (non-hydrogen) atoms. The standard InChI is InChI=1S/C27H35N5O3S2/c1-18(22-12-8-9-15-28-22)30-26(33)31-20-13-14-21(24(16-20)37(34,35)32-27(2,3)4)23-17-29-25(36-23)19-10-6-5-7-11-19/h8-9,12-19,32H,5-7,10-11H2,1-4H3,(H2,30,31,33)/t18-/m0/s1. The third kappa shape index (κ3) is 7.15. The fraction of sp³-hybridized carbons (Fsp3) is 0.444. The van der Waals surface area contributed by atoms with Crippen LogP contribution in [0.2, 0.25) is 0 Å². The van der Waals surface area contributed by atoms with Crippen molar-refractivity contribution in [2.45, 2.75) is 82.2 Å². The largest absolute Gasteiger partial charge is 0.330 e. The molecule has 1 aromatic carbocycles. The minimum atomic E-state index is -3.89. The van der Waals surface area contributed by atoms with Crippen molar-refractivity contribution in [3.63, 3.8) is 0 Å². The molecule has 1 fully saturated rings. The van der Waals surface area contributed by atoms with Crippen LogP contribution in [0.25, 0.3) is 10.4 Å². The molecule has 4 rings (SSSR count). The van der Waals surface area contributed by atoms with Crippen molar-refractivity contribution in [2.75, 3.05) is 5.32 Å². The summed E-state index contributed by atoms with van der Waals surface area (Å²) in [4.78, 5) is 22.5. The maximum absolute atomic E-state index is 13.5. The number of hydrogen-bond donors (Lipinski definition) is 3. The number of nitrogens with zero attached hydrogens (tertiary/aromatic N) is 2. The molecule has 3 N–H and O–H groups in total. The maximum Gasteiger partial charge on any atom is 0.319 e. The summed E-state index contributed by atoms with van der Waals surface area (Å²) in [5.41, 5.74) is 1.00. The average molecular weight is 542 g/mol. The van der Waals surface area contributed by atoms with Gasteiger partial charge in [-0.3, -0.25) is 4.98 Å². The zero-order chi connectivity index (χ0) is 26.6. The lowest BCUT2D eigenvalue weighted by molar-refractivity contribution is 0.249. The highest BCUT2D eigenvalue weighted by atomic mass is 32.2. The predicted molar refractivity (Wildman–Crippen MR) is 148 cm³/mol. The lowest BCUT2D eigenvalue weighted by Crippen LogP contribution is -2.40. The molecule has 0 bridgehead atoms. The van der Waals surface area contributed by atoms with Gasteiger partial charge in [0, 0.05) is 35.1 Å². The summed E-state index contributed by atoms with van der Waals surface area (Å²) in [6.07, 6.45) is 9.36. The number of sulfonamides is 1. The Hall–Kier alpha value is -2.82. The number of nitrogens with one attached hydrogen (secondary N) is 3. The first kappa shape index (κ1) is 27.2. The number of urea groups is 1. The van der Waals surface area contributed by atoms with E-state index in [4.69, 9.17) is 0 Å². The van der Waals surface area contributed by atoms with E-state index in [1.54, 1.807) is 56.6 Å². The third-order valence-electron chi connectivity index (χ3n) is 6.19. The highest BCUT2D eigenvalue weighted by Gasteiger charge is 2.27. The molecule has 10 heteroatoms. The van der Waals surface area contributed by atoms with Crippen LogP contribution in [0.15, 0.2) is 53.7 Å². The molecule has 3 aromatic rings. The minimum absolute atomic E-state index is 0.108. The summed E-state index contributed by atoms with van der Waals surface area (Å²) < 4.78 is 29.7. The van der Waals surface area contributed by atoms with Crippen molar-refractivity contribution in [1.82, 2.24) is 20.0 Å². The first-order valence-corrected chi connectivity index (χ1v) is 14.9. The van der Waals surface area contributed by atoms with Crippen LogP contribution < -0.4 is 15.4 Å². The molecule has 2 aromatic heterocycles. The number of rotatable bonds is 7. The summed E-state index contributed by atoms with van der Waals surface area (Å²) in [6.45, 7) is 7.23. The molecule has 2 amide bonds. The van der Waals surface area contributed by atoms with E-state index < -0.39 is 21.6 Å². The van der Waals surface area contributed by atoms with Crippen molar-refractivity contribution >= 4 is 33.1 Å². The van der Waals surface area contributed by atoms with Crippen LogP contribution in [0.5, 0.6) is 0 Å². The van der Waals surface area contributed by atoms with Crippen molar-refractivity contribution < 1.29 is 13.2 Å². The Labute approximate surface area is 223 Å². The molecular formula is C27H35N5O3S2. The second-order valence-corrected chi connectivity index (χ2v) is 13.3. The number of pyridine rings is 1. The molecule has 1 atom stereocenters. The zero-order valence-corrected chi connectivity index (χ0v) is 23.4. The molecule has 2 heterocycles. The second kappa shape index (κ2) is 11.3. The Morgan fingerprint density at radius 2 is 1.84 bits per heavy atom. The summed E-state index contributed by atoms with van der Waals surface area (Å²) in [7, 11) is -3.89. The Balaban J connectivity index is 1.62. The van der Waals surface area contributed by atoms with E-state index in [0.29, 0.717) is 17.2 Å². The van der Waals surface area contributed by atoms with E-state index in [0.717, 1.165) is 28.4 Å². The Morgan fingerprint density at radius 1 is 1.08 bits per heavy atom. The van der Waals surface area contributed by atoms with Crippen LogP contribution in [-0.4, -0.2) is 30.0 Å². The average Bonchev–Trinajstić information content (AvgIpc) is 3.34. The smallest absolute Gasteiger partial charge is 0.319 e. The van der Waals surface area contributed by atoms with Crippen molar-refractivity contribution in [3.05, 3.63) is 59.5 Å². The van der Waals surface area contributed by atoms with Gasteiger partial charge in [-0.25, -0.2) is 22.9 Å². The molecule has 0 aliphatic heterocycles. The van der Waals surface area contributed by atoms with Gasteiger partial charge >= 0.3 is 6.03 Å². The van der Waals surface area contributed by atoms with Crippen LogP contribution in [0, 0.1) is 0 Å². The van der Waals surface area contributed by atoms with Crippen LogP contribution in [-0.2, 0) is 10.0 Å². The molecule has 0 spiro atoms. The molecule has 1 aliphatic carbocycles.